The molecule has 0 atom stereocenters. The van der Waals surface area contributed by atoms with Crippen LogP contribution < -0.4 is 26.0 Å². The second kappa shape index (κ2) is 7.65. The first-order valence-electron chi connectivity index (χ1n) is 8.43. The van der Waals surface area contributed by atoms with Crippen molar-refractivity contribution in [1.29, 1.82) is 0 Å². The van der Waals surface area contributed by atoms with Gasteiger partial charge in [-0.3, -0.25) is 9.59 Å². The Labute approximate surface area is 145 Å². The number of rotatable bonds is 7. The van der Waals surface area contributed by atoms with Crippen LogP contribution >= 0.6 is 0 Å². The van der Waals surface area contributed by atoms with E-state index in [0.717, 1.165) is 12.1 Å². The predicted molar refractivity (Wildman–Crippen MR) is 97.2 cm³/mol. The van der Waals surface area contributed by atoms with Crippen LogP contribution in [0, 0.1) is 5.82 Å². The van der Waals surface area contributed by atoms with E-state index in [4.69, 9.17) is 4.74 Å². The van der Waals surface area contributed by atoms with E-state index in [2.05, 4.69) is 10.2 Å². The lowest BCUT2D eigenvalue weighted by Crippen LogP contribution is -2.51. The number of hydrogen-bond acceptors (Lipinski definition) is 6. The van der Waals surface area contributed by atoms with Crippen LogP contribution in [0.1, 0.15) is 6.42 Å². The van der Waals surface area contributed by atoms with E-state index in [-0.39, 0.29) is 5.82 Å². The van der Waals surface area contributed by atoms with Gasteiger partial charge in [0, 0.05) is 52.1 Å². The van der Waals surface area contributed by atoms with Crippen molar-refractivity contribution < 1.29 is 9.13 Å². The monoisotopic (exact) mass is 347 g/mol. The molecule has 25 heavy (non-hydrogen) atoms. The van der Waals surface area contributed by atoms with E-state index in [0.29, 0.717) is 50.7 Å². The van der Waals surface area contributed by atoms with E-state index in [1.165, 1.54) is 12.1 Å². The molecule has 0 aromatic heterocycles. The third-order valence-electron chi connectivity index (χ3n) is 4.50. The topological polar surface area (TPSA) is 61.9 Å². The highest BCUT2D eigenvalue weighted by Crippen LogP contribution is 2.23. The molecule has 7 heteroatoms. The van der Waals surface area contributed by atoms with Gasteiger partial charge in [0.1, 0.15) is 17.2 Å². The van der Waals surface area contributed by atoms with Crippen LogP contribution in [0.15, 0.2) is 33.9 Å². The molecule has 2 aromatic carbocycles. The average Bonchev–Trinajstić information content (AvgIpc) is 2.64. The van der Waals surface area contributed by atoms with E-state index in [1.807, 2.05) is 4.90 Å². The highest BCUT2D eigenvalue weighted by atomic mass is 19.1. The molecule has 0 bridgehead atoms. The van der Waals surface area contributed by atoms with Gasteiger partial charge >= 0.3 is 0 Å². The summed E-state index contributed by atoms with van der Waals surface area (Å²) in [6.07, 6.45) is 0.771. The van der Waals surface area contributed by atoms with Gasteiger partial charge < -0.3 is 19.9 Å². The molecule has 1 fully saturated rings. The van der Waals surface area contributed by atoms with Crippen molar-refractivity contribution in [1.82, 2.24) is 0 Å². The van der Waals surface area contributed by atoms with Crippen LogP contribution in [0.4, 0.5) is 21.5 Å². The molecule has 0 aliphatic carbocycles. The Morgan fingerprint density at radius 3 is 2.32 bits per heavy atom. The van der Waals surface area contributed by atoms with Gasteiger partial charge in [-0.1, -0.05) is 0 Å². The number of benzene rings is 1. The van der Waals surface area contributed by atoms with Crippen LogP contribution in [0.5, 0.6) is 0 Å². The molecule has 1 heterocycles. The lowest BCUT2D eigenvalue weighted by Gasteiger charge is -2.38. The summed E-state index contributed by atoms with van der Waals surface area (Å²) >= 11 is 0. The Balaban J connectivity index is 1.61. The van der Waals surface area contributed by atoms with E-state index < -0.39 is 10.9 Å². The van der Waals surface area contributed by atoms with Gasteiger partial charge in [-0.25, -0.2) is 4.39 Å². The molecule has 1 saturated heterocycles. The second-order valence-electron chi connectivity index (χ2n) is 6.11. The standard InChI is InChI=1S/C18H22FN3O3/c1-25-12-2-7-20-15-16(18(24)17(15)23)22-10-8-21(9-11-22)14-5-3-13(19)4-6-14/h3-6,20H,2,7-12H2,1H3. The number of methoxy groups -OCH3 is 1. The quantitative estimate of drug-likeness (QED) is 0.600. The zero-order valence-electron chi connectivity index (χ0n) is 14.3. The number of halogens is 1. The number of hydrogen-bond donors (Lipinski definition) is 1. The molecule has 134 valence electrons. The van der Waals surface area contributed by atoms with E-state index in [9.17, 15) is 14.0 Å². The van der Waals surface area contributed by atoms with Crippen molar-refractivity contribution in [2.75, 3.05) is 61.6 Å². The molecular formula is C18H22FN3O3. The molecule has 1 aliphatic rings. The van der Waals surface area contributed by atoms with E-state index >= 15 is 0 Å². The minimum atomic E-state index is -0.437. The molecule has 2 aromatic rings. The summed E-state index contributed by atoms with van der Waals surface area (Å²) in [6, 6.07) is 6.40. The highest BCUT2D eigenvalue weighted by Gasteiger charge is 2.28. The summed E-state index contributed by atoms with van der Waals surface area (Å²) in [5, 5.41) is 3.06. The summed E-state index contributed by atoms with van der Waals surface area (Å²) in [4.78, 5) is 27.9. The molecular weight excluding hydrogens is 325 g/mol. The summed E-state index contributed by atoms with van der Waals surface area (Å²) < 4.78 is 18.0. The normalized spacial score (nSPS) is 15.0. The second-order valence-corrected chi connectivity index (χ2v) is 6.11. The van der Waals surface area contributed by atoms with Crippen molar-refractivity contribution in [2.45, 2.75) is 6.42 Å². The minimum absolute atomic E-state index is 0.254. The fourth-order valence-electron chi connectivity index (χ4n) is 3.12. The maximum Gasteiger partial charge on any atom is 0.253 e. The van der Waals surface area contributed by atoms with Gasteiger partial charge in [-0.2, -0.15) is 0 Å². The van der Waals surface area contributed by atoms with Crippen LogP contribution in [0.25, 0.3) is 0 Å². The Hall–Kier alpha value is -2.41. The first-order chi connectivity index (χ1) is 12.1. The molecule has 1 aliphatic heterocycles. The highest BCUT2D eigenvalue weighted by molar-refractivity contribution is 5.75. The van der Waals surface area contributed by atoms with Crippen LogP contribution in [0.3, 0.4) is 0 Å². The number of anilines is 3. The Morgan fingerprint density at radius 1 is 1.04 bits per heavy atom. The first kappa shape index (κ1) is 17.4. The number of piperazine rings is 1. The zero-order chi connectivity index (χ0) is 17.8. The van der Waals surface area contributed by atoms with Crippen molar-refractivity contribution in [3.8, 4) is 0 Å². The summed E-state index contributed by atoms with van der Waals surface area (Å²) in [7, 11) is 1.63. The summed E-state index contributed by atoms with van der Waals surface area (Å²) in [5.41, 5.74) is 1.04. The summed E-state index contributed by atoms with van der Waals surface area (Å²) in [6.45, 7) is 3.93. The lowest BCUT2D eigenvalue weighted by molar-refractivity contribution is 0.198. The minimum Gasteiger partial charge on any atom is -0.385 e. The maximum absolute atomic E-state index is 13.0. The molecule has 0 spiro atoms. The van der Waals surface area contributed by atoms with E-state index in [1.54, 1.807) is 19.2 Å². The molecule has 6 nitrogen and oxygen atoms in total. The van der Waals surface area contributed by atoms with Crippen molar-refractivity contribution in [3.05, 3.63) is 50.5 Å². The lowest BCUT2D eigenvalue weighted by atomic mass is 10.1. The molecule has 0 saturated carbocycles. The Kier molecular flexibility index (Phi) is 5.33. The average molecular weight is 347 g/mol. The van der Waals surface area contributed by atoms with Gasteiger partial charge in [0.25, 0.3) is 10.9 Å². The predicted octanol–water partition coefficient (Wildman–Crippen LogP) is 1.20. The summed E-state index contributed by atoms with van der Waals surface area (Å²) in [5.74, 6) is -0.254. The fourth-order valence-corrected chi connectivity index (χ4v) is 3.12. The molecule has 0 radical (unpaired) electrons. The van der Waals surface area contributed by atoms with Gasteiger partial charge in [-0.15, -0.1) is 0 Å². The van der Waals surface area contributed by atoms with Gasteiger partial charge in [0.05, 0.1) is 0 Å². The third-order valence-corrected chi connectivity index (χ3v) is 4.50. The Bertz CT molecular complexity index is 776. The van der Waals surface area contributed by atoms with Crippen LogP contribution in [-0.4, -0.2) is 46.4 Å². The van der Waals surface area contributed by atoms with Crippen LogP contribution in [0.2, 0.25) is 0 Å². The third kappa shape index (κ3) is 3.66. The zero-order valence-corrected chi connectivity index (χ0v) is 14.3. The van der Waals surface area contributed by atoms with Gasteiger partial charge in [-0.05, 0) is 30.7 Å². The van der Waals surface area contributed by atoms with Gasteiger partial charge in [0.2, 0.25) is 0 Å². The molecule has 3 rings (SSSR count). The number of nitrogens with zero attached hydrogens (tertiary/aromatic N) is 2. The SMILES string of the molecule is COCCCNc1c(N2CCN(c3ccc(F)cc3)CC2)c(=O)c1=O. The largest absolute Gasteiger partial charge is 0.385 e. The maximum atomic E-state index is 13.0. The molecule has 0 amide bonds. The first-order valence-corrected chi connectivity index (χ1v) is 8.43. The number of ether oxygens (including phenoxy) is 1. The number of nitrogens with one attached hydrogen (secondary N) is 1. The smallest absolute Gasteiger partial charge is 0.253 e. The van der Waals surface area contributed by atoms with Crippen molar-refractivity contribution >= 4 is 17.1 Å². The molecule has 0 unspecified atom stereocenters. The fraction of sp³-hybridized carbons (Fsp3) is 0.444. The van der Waals surface area contributed by atoms with Crippen molar-refractivity contribution in [2.24, 2.45) is 0 Å². The van der Waals surface area contributed by atoms with Crippen molar-refractivity contribution in [3.63, 3.8) is 0 Å². The Morgan fingerprint density at radius 2 is 1.68 bits per heavy atom. The van der Waals surface area contributed by atoms with Gasteiger partial charge in [0.15, 0.2) is 0 Å². The molecule has 1 N–H and O–H groups in total. The van der Waals surface area contributed by atoms with Crippen LogP contribution in [-0.2, 0) is 4.74 Å².